The van der Waals surface area contributed by atoms with Gasteiger partial charge in [0.25, 0.3) is 0 Å². The maximum absolute atomic E-state index is 4.69. The van der Waals surface area contributed by atoms with Crippen molar-refractivity contribution in [2.45, 2.75) is 38.5 Å². The van der Waals surface area contributed by atoms with Crippen molar-refractivity contribution in [3.63, 3.8) is 0 Å². The predicted octanol–water partition coefficient (Wildman–Crippen LogP) is 1.74. The summed E-state index contributed by atoms with van der Waals surface area (Å²) in [6.45, 7) is 1.29. The van der Waals surface area contributed by atoms with Gasteiger partial charge in [0.2, 0.25) is 0 Å². The van der Waals surface area contributed by atoms with Crippen LogP contribution in [0.4, 0.5) is 0 Å². The third-order valence-corrected chi connectivity index (χ3v) is 1.86. The molecule has 0 aromatic carbocycles. The molecule has 0 aliphatic carbocycles. The first-order valence-corrected chi connectivity index (χ1v) is 4.62. The molecule has 1 saturated heterocycles. The Hall–Kier alpha value is -0.160. The van der Waals surface area contributed by atoms with E-state index >= 15 is 0 Å². The summed E-state index contributed by atoms with van der Waals surface area (Å²) in [5.41, 5.74) is 3.66. The minimum absolute atomic E-state index is 0.593. The largest absolute Gasteiger partial charge is 0.205 e. The molecule has 0 amide bonds. The van der Waals surface area contributed by atoms with Crippen molar-refractivity contribution < 1.29 is 14.9 Å². The molecule has 0 N–H and O–H groups in total. The Labute approximate surface area is 73.0 Å². The number of rotatable bonds is 0. The van der Waals surface area contributed by atoms with Crippen LogP contribution in [-0.2, 0) is 14.9 Å². The van der Waals surface area contributed by atoms with E-state index in [1.807, 2.05) is 0 Å². The van der Waals surface area contributed by atoms with E-state index in [2.05, 4.69) is 15.5 Å². The van der Waals surface area contributed by atoms with Crippen LogP contribution in [-0.4, -0.2) is 13.2 Å². The topological polar surface area (TPSA) is 41.8 Å². The van der Waals surface area contributed by atoms with Gasteiger partial charge in [-0.05, 0) is 17.9 Å². The molecule has 4 nitrogen and oxygen atoms in total. The summed E-state index contributed by atoms with van der Waals surface area (Å²) >= 11 is 0. The molecular formula is C8H16NO3. The van der Waals surface area contributed by atoms with E-state index in [9.17, 15) is 0 Å². The van der Waals surface area contributed by atoms with E-state index in [0.717, 1.165) is 12.8 Å². The Morgan fingerprint density at radius 3 is 2.50 bits per heavy atom. The maximum Gasteiger partial charge on any atom is 0.0854 e. The summed E-state index contributed by atoms with van der Waals surface area (Å²) in [7, 11) is 0. The zero-order valence-corrected chi connectivity index (χ0v) is 7.33. The molecule has 0 atom stereocenters. The van der Waals surface area contributed by atoms with Crippen molar-refractivity contribution >= 4 is 0 Å². The summed E-state index contributed by atoms with van der Waals surface area (Å²) in [5, 5.41) is 4.34. The Kier molecular flexibility index (Phi) is 6.19. The van der Waals surface area contributed by atoms with Gasteiger partial charge in [-0.1, -0.05) is 36.2 Å². The van der Waals surface area contributed by atoms with Crippen molar-refractivity contribution in [2.75, 3.05) is 13.2 Å². The fourth-order valence-corrected chi connectivity index (χ4v) is 1.16. The molecular weight excluding hydrogens is 158 g/mol. The third-order valence-electron chi connectivity index (χ3n) is 1.86. The molecule has 1 rings (SSSR count). The quantitative estimate of drug-likeness (QED) is 0.525. The highest BCUT2D eigenvalue weighted by atomic mass is 17.5. The second-order valence-electron chi connectivity index (χ2n) is 2.94. The van der Waals surface area contributed by atoms with Crippen molar-refractivity contribution in [1.29, 1.82) is 0 Å². The van der Waals surface area contributed by atoms with Crippen LogP contribution >= 0.6 is 0 Å². The summed E-state index contributed by atoms with van der Waals surface area (Å²) < 4.78 is 0. The fourth-order valence-electron chi connectivity index (χ4n) is 1.16. The number of hydroxylamine groups is 1. The van der Waals surface area contributed by atoms with Gasteiger partial charge in [0.05, 0.1) is 6.61 Å². The van der Waals surface area contributed by atoms with Gasteiger partial charge >= 0.3 is 0 Å². The van der Waals surface area contributed by atoms with Gasteiger partial charge in [0.1, 0.15) is 0 Å². The first kappa shape index (κ1) is 9.92. The molecule has 12 heavy (non-hydrogen) atoms. The van der Waals surface area contributed by atoms with Crippen LogP contribution < -0.4 is 5.48 Å². The van der Waals surface area contributed by atoms with E-state index in [-0.39, 0.29) is 0 Å². The molecule has 4 heteroatoms. The van der Waals surface area contributed by atoms with Crippen molar-refractivity contribution in [3.8, 4) is 0 Å². The van der Waals surface area contributed by atoms with Gasteiger partial charge < -0.3 is 0 Å². The van der Waals surface area contributed by atoms with Crippen molar-refractivity contribution in [3.05, 3.63) is 0 Å². The summed E-state index contributed by atoms with van der Waals surface area (Å²) in [5.74, 6) is 0. The van der Waals surface area contributed by atoms with Crippen LogP contribution in [0.1, 0.15) is 38.5 Å². The average Bonchev–Trinajstić information content (AvgIpc) is 2.05. The third kappa shape index (κ3) is 5.49. The average molecular weight is 174 g/mol. The zero-order chi connectivity index (χ0) is 8.49. The van der Waals surface area contributed by atoms with Gasteiger partial charge in [0, 0.05) is 6.54 Å². The smallest absolute Gasteiger partial charge is 0.0854 e. The predicted molar refractivity (Wildman–Crippen MR) is 42.8 cm³/mol. The van der Waals surface area contributed by atoms with Gasteiger partial charge in [-0.3, -0.25) is 0 Å². The van der Waals surface area contributed by atoms with E-state index < -0.39 is 0 Å². The SMILES string of the molecule is C1CCCCOOO[N]CCC1. The normalized spacial score (nSPS) is 24.0. The van der Waals surface area contributed by atoms with Crippen LogP contribution in [0.3, 0.4) is 0 Å². The van der Waals surface area contributed by atoms with Gasteiger partial charge in [-0.15, -0.1) is 0 Å². The van der Waals surface area contributed by atoms with E-state index in [1.54, 1.807) is 0 Å². The fraction of sp³-hybridized carbons (Fsp3) is 1.00. The molecule has 0 aromatic rings. The highest BCUT2D eigenvalue weighted by Crippen LogP contribution is 2.06. The summed E-state index contributed by atoms with van der Waals surface area (Å²) in [6, 6.07) is 0. The minimum atomic E-state index is 0.593. The highest BCUT2D eigenvalue weighted by molar-refractivity contribution is 4.45. The second kappa shape index (κ2) is 7.49. The monoisotopic (exact) mass is 174 g/mol. The molecule has 0 aromatic heterocycles. The molecule has 1 heterocycles. The molecule has 0 unspecified atom stereocenters. The summed E-state index contributed by atoms with van der Waals surface area (Å²) in [6.07, 6.45) is 7.11. The molecule has 1 fully saturated rings. The number of hydrogen-bond acceptors (Lipinski definition) is 3. The lowest BCUT2D eigenvalue weighted by Gasteiger charge is -2.05. The highest BCUT2D eigenvalue weighted by Gasteiger charge is 1.97. The first-order valence-electron chi connectivity index (χ1n) is 4.62. The Bertz CT molecular complexity index is 57.3. The molecule has 0 bridgehead atoms. The van der Waals surface area contributed by atoms with E-state index in [0.29, 0.717) is 13.2 Å². The molecule has 1 aliphatic heterocycles. The van der Waals surface area contributed by atoms with Gasteiger partial charge in [-0.25, -0.2) is 4.89 Å². The van der Waals surface area contributed by atoms with Crippen LogP contribution in [0.5, 0.6) is 0 Å². The summed E-state index contributed by atoms with van der Waals surface area (Å²) in [4.78, 5) is 9.10. The Morgan fingerprint density at radius 2 is 1.58 bits per heavy atom. The zero-order valence-electron chi connectivity index (χ0n) is 7.33. The second-order valence-corrected chi connectivity index (χ2v) is 2.94. The van der Waals surface area contributed by atoms with Crippen molar-refractivity contribution in [2.24, 2.45) is 0 Å². The maximum atomic E-state index is 4.69. The van der Waals surface area contributed by atoms with Crippen molar-refractivity contribution in [1.82, 2.24) is 5.48 Å². The number of nitrogens with zero attached hydrogens (tertiary/aromatic N) is 1. The Morgan fingerprint density at radius 1 is 0.833 bits per heavy atom. The van der Waals surface area contributed by atoms with Crippen LogP contribution in [0.2, 0.25) is 0 Å². The molecule has 71 valence electrons. The molecule has 0 spiro atoms. The lowest BCUT2D eigenvalue weighted by Crippen LogP contribution is -2.10. The van der Waals surface area contributed by atoms with Crippen LogP contribution in [0, 0.1) is 0 Å². The van der Waals surface area contributed by atoms with Crippen LogP contribution in [0.15, 0.2) is 0 Å². The number of hydrogen-bond donors (Lipinski definition) is 0. The lowest BCUT2D eigenvalue weighted by molar-refractivity contribution is -0.536. The van der Waals surface area contributed by atoms with Gasteiger partial charge in [-0.2, -0.15) is 0 Å². The first-order chi connectivity index (χ1) is 6.00. The molecule has 1 radical (unpaired) electrons. The van der Waals surface area contributed by atoms with Crippen LogP contribution in [0.25, 0.3) is 0 Å². The molecule has 0 saturated carbocycles. The van der Waals surface area contributed by atoms with E-state index in [1.165, 1.54) is 25.7 Å². The minimum Gasteiger partial charge on any atom is -0.205 e. The Balaban J connectivity index is 2.00. The lowest BCUT2D eigenvalue weighted by atomic mass is 10.1. The standard InChI is InChI=1S/C8H16NO3/c1-2-4-6-8-10-12-11-9-7-5-3-1/h1-8H2. The molecule has 1 aliphatic rings. The van der Waals surface area contributed by atoms with E-state index in [4.69, 9.17) is 4.89 Å². The van der Waals surface area contributed by atoms with Gasteiger partial charge in [0.15, 0.2) is 0 Å².